The number of nitrogens with one attached hydrogen (secondary N) is 1. The SMILES string of the molecule is C[C@@H]1CCCN1C(=O)CN[C@@]1(C)CCN(Cc2ccccc2)C1. The molecule has 126 valence electrons. The van der Waals surface area contributed by atoms with E-state index in [2.05, 4.69) is 54.4 Å². The van der Waals surface area contributed by atoms with Gasteiger partial charge in [0.15, 0.2) is 0 Å². The zero-order valence-electron chi connectivity index (χ0n) is 14.4. The predicted octanol–water partition coefficient (Wildman–Crippen LogP) is 2.25. The van der Waals surface area contributed by atoms with Gasteiger partial charge in [0.2, 0.25) is 5.91 Å². The Hall–Kier alpha value is -1.39. The summed E-state index contributed by atoms with van der Waals surface area (Å²) in [4.78, 5) is 16.9. The van der Waals surface area contributed by atoms with Gasteiger partial charge >= 0.3 is 0 Å². The van der Waals surface area contributed by atoms with E-state index in [9.17, 15) is 4.79 Å². The maximum Gasteiger partial charge on any atom is 0.236 e. The maximum absolute atomic E-state index is 12.4. The Morgan fingerprint density at radius 1 is 1.30 bits per heavy atom. The van der Waals surface area contributed by atoms with Crippen LogP contribution >= 0.6 is 0 Å². The van der Waals surface area contributed by atoms with Gasteiger partial charge in [0.1, 0.15) is 0 Å². The van der Waals surface area contributed by atoms with Crippen LogP contribution in [0.4, 0.5) is 0 Å². The van der Waals surface area contributed by atoms with Crippen LogP contribution in [-0.2, 0) is 11.3 Å². The van der Waals surface area contributed by atoms with Gasteiger partial charge in [0.25, 0.3) is 0 Å². The zero-order valence-corrected chi connectivity index (χ0v) is 14.4. The number of amides is 1. The van der Waals surface area contributed by atoms with Gasteiger partial charge in [0, 0.05) is 37.8 Å². The van der Waals surface area contributed by atoms with E-state index in [0.717, 1.165) is 45.4 Å². The third-order valence-corrected chi connectivity index (χ3v) is 5.34. The van der Waals surface area contributed by atoms with Crippen molar-refractivity contribution in [1.29, 1.82) is 0 Å². The van der Waals surface area contributed by atoms with Gasteiger partial charge in [-0.1, -0.05) is 30.3 Å². The van der Waals surface area contributed by atoms with Crippen LogP contribution in [0.5, 0.6) is 0 Å². The van der Waals surface area contributed by atoms with E-state index in [0.29, 0.717) is 12.6 Å². The van der Waals surface area contributed by atoms with Crippen LogP contribution in [-0.4, -0.2) is 53.5 Å². The minimum Gasteiger partial charge on any atom is -0.339 e. The summed E-state index contributed by atoms with van der Waals surface area (Å²) in [5.41, 5.74) is 1.41. The maximum atomic E-state index is 12.4. The molecule has 2 aliphatic heterocycles. The summed E-state index contributed by atoms with van der Waals surface area (Å²) >= 11 is 0. The number of hydrogen-bond donors (Lipinski definition) is 1. The first-order chi connectivity index (χ1) is 11.1. The number of likely N-dealkylation sites (tertiary alicyclic amines) is 2. The molecule has 0 aromatic heterocycles. The third kappa shape index (κ3) is 4.12. The van der Waals surface area contributed by atoms with Crippen LogP contribution in [0.2, 0.25) is 0 Å². The Balaban J connectivity index is 1.48. The van der Waals surface area contributed by atoms with Crippen molar-refractivity contribution in [3.05, 3.63) is 35.9 Å². The molecule has 2 saturated heterocycles. The fraction of sp³-hybridized carbons (Fsp3) is 0.632. The lowest BCUT2D eigenvalue weighted by atomic mass is 10.0. The minimum atomic E-state index is 0.0490. The molecule has 4 nitrogen and oxygen atoms in total. The standard InChI is InChI=1S/C19H29N3O/c1-16-7-6-11-22(16)18(23)13-20-19(2)10-12-21(15-19)14-17-8-4-3-5-9-17/h3-5,8-9,16,20H,6-7,10-15H2,1-2H3/t16-,19+/m1/s1. The average molecular weight is 315 g/mol. The van der Waals surface area contributed by atoms with Crippen LogP contribution in [0.25, 0.3) is 0 Å². The van der Waals surface area contributed by atoms with Gasteiger partial charge in [0.05, 0.1) is 6.54 Å². The van der Waals surface area contributed by atoms with Gasteiger partial charge < -0.3 is 10.2 Å². The third-order valence-electron chi connectivity index (χ3n) is 5.34. The van der Waals surface area contributed by atoms with E-state index in [1.165, 1.54) is 5.56 Å². The molecule has 0 radical (unpaired) electrons. The smallest absolute Gasteiger partial charge is 0.236 e. The molecule has 0 unspecified atom stereocenters. The number of hydrogen-bond acceptors (Lipinski definition) is 3. The fourth-order valence-corrected chi connectivity index (χ4v) is 3.87. The van der Waals surface area contributed by atoms with E-state index in [4.69, 9.17) is 0 Å². The summed E-state index contributed by atoms with van der Waals surface area (Å²) in [5.74, 6) is 0.262. The lowest BCUT2D eigenvalue weighted by Crippen LogP contribution is -2.50. The van der Waals surface area contributed by atoms with Crippen molar-refractivity contribution in [3.8, 4) is 0 Å². The Labute approximate surface area is 139 Å². The Bertz CT molecular complexity index is 533. The molecule has 23 heavy (non-hydrogen) atoms. The van der Waals surface area contributed by atoms with E-state index in [1.807, 2.05) is 4.90 Å². The Kier molecular flexibility index (Phi) is 5.02. The molecule has 2 aliphatic rings. The first kappa shape index (κ1) is 16.5. The summed E-state index contributed by atoms with van der Waals surface area (Å²) in [5, 5.41) is 3.54. The van der Waals surface area contributed by atoms with Gasteiger partial charge in [-0.3, -0.25) is 9.69 Å². The van der Waals surface area contributed by atoms with E-state index in [-0.39, 0.29) is 11.4 Å². The molecule has 4 heteroatoms. The van der Waals surface area contributed by atoms with Crippen LogP contribution < -0.4 is 5.32 Å². The zero-order chi connectivity index (χ0) is 16.3. The number of rotatable bonds is 5. The Morgan fingerprint density at radius 3 is 2.78 bits per heavy atom. The first-order valence-corrected chi connectivity index (χ1v) is 8.86. The van der Waals surface area contributed by atoms with Crippen LogP contribution in [0.3, 0.4) is 0 Å². The molecule has 0 spiro atoms. The Morgan fingerprint density at radius 2 is 2.09 bits per heavy atom. The molecule has 1 aromatic carbocycles. The van der Waals surface area contributed by atoms with E-state index in [1.54, 1.807) is 0 Å². The van der Waals surface area contributed by atoms with Crippen molar-refractivity contribution in [3.63, 3.8) is 0 Å². The molecular formula is C19H29N3O. The van der Waals surface area contributed by atoms with Crippen LogP contribution in [0.1, 0.15) is 38.7 Å². The molecule has 2 heterocycles. The summed E-state index contributed by atoms with van der Waals surface area (Å²) in [7, 11) is 0. The van der Waals surface area contributed by atoms with Crippen LogP contribution in [0.15, 0.2) is 30.3 Å². The highest BCUT2D eigenvalue weighted by Crippen LogP contribution is 2.23. The average Bonchev–Trinajstić information content (AvgIpc) is 3.13. The van der Waals surface area contributed by atoms with E-state index >= 15 is 0 Å². The number of carbonyl (C=O) groups is 1. The normalized spacial score (nSPS) is 28.4. The molecular weight excluding hydrogens is 286 g/mol. The molecule has 1 amide bonds. The van der Waals surface area contributed by atoms with Crippen molar-refractivity contribution in [2.24, 2.45) is 0 Å². The highest BCUT2D eigenvalue weighted by Gasteiger charge is 2.34. The fourth-order valence-electron chi connectivity index (χ4n) is 3.87. The summed E-state index contributed by atoms with van der Waals surface area (Å²) in [6.45, 7) is 8.90. The highest BCUT2D eigenvalue weighted by atomic mass is 16.2. The second-order valence-electron chi connectivity index (χ2n) is 7.44. The van der Waals surface area contributed by atoms with Crippen molar-refractivity contribution < 1.29 is 4.79 Å². The predicted molar refractivity (Wildman–Crippen MR) is 93.2 cm³/mol. The van der Waals surface area contributed by atoms with Gasteiger partial charge in [-0.15, -0.1) is 0 Å². The minimum absolute atomic E-state index is 0.0490. The molecule has 0 bridgehead atoms. The highest BCUT2D eigenvalue weighted by molar-refractivity contribution is 5.79. The summed E-state index contributed by atoms with van der Waals surface area (Å²) in [6, 6.07) is 11.0. The monoisotopic (exact) mass is 315 g/mol. The summed E-state index contributed by atoms with van der Waals surface area (Å²) < 4.78 is 0. The van der Waals surface area contributed by atoms with Gasteiger partial charge in [-0.25, -0.2) is 0 Å². The van der Waals surface area contributed by atoms with Crippen molar-refractivity contribution >= 4 is 5.91 Å². The van der Waals surface area contributed by atoms with Gasteiger partial charge in [-0.2, -0.15) is 0 Å². The molecule has 3 rings (SSSR count). The number of carbonyl (C=O) groups excluding carboxylic acids is 1. The largest absolute Gasteiger partial charge is 0.339 e. The molecule has 2 fully saturated rings. The second kappa shape index (κ2) is 7.02. The summed E-state index contributed by atoms with van der Waals surface area (Å²) in [6.07, 6.45) is 3.39. The molecule has 0 aliphatic carbocycles. The lowest BCUT2D eigenvalue weighted by Gasteiger charge is -2.28. The molecule has 1 N–H and O–H groups in total. The van der Waals surface area contributed by atoms with Crippen molar-refractivity contribution in [2.75, 3.05) is 26.2 Å². The second-order valence-corrected chi connectivity index (χ2v) is 7.44. The van der Waals surface area contributed by atoms with Crippen molar-refractivity contribution in [2.45, 2.75) is 51.2 Å². The lowest BCUT2D eigenvalue weighted by molar-refractivity contribution is -0.131. The first-order valence-electron chi connectivity index (χ1n) is 8.86. The molecule has 1 aromatic rings. The van der Waals surface area contributed by atoms with E-state index < -0.39 is 0 Å². The molecule has 0 saturated carbocycles. The quantitative estimate of drug-likeness (QED) is 0.905. The van der Waals surface area contributed by atoms with Crippen molar-refractivity contribution in [1.82, 2.24) is 15.1 Å². The van der Waals surface area contributed by atoms with Crippen LogP contribution in [0, 0.1) is 0 Å². The number of benzene rings is 1. The number of nitrogens with zero attached hydrogens (tertiary/aromatic N) is 2. The van der Waals surface area contributed by atoms with Gasteiger partial charge in [-0.05, 0) is 38.7 Å². The topological polar surface area (TPSA) is 35.6 Å². The molecule has 2 atom stereocenters.